The fourth-order valence-electron chi connectivity index (χ4n) is 3.80. The quantitative estimate of drug-likeness (QED) is 0.289. The van der Waals surface area contributed by atoms with Crippen LogP contribution in [-0.4, -0.2) is 41.0 Å². The van der Waals surface area contributed by atoms with E-state index in [-0.39, 0.29) is 26.6 Å². The summed E-state index contributed by atoms with van der Waals surface area (Å²) in [5, 5.41) is 9.11. The molecule has 0 radical (unpaired) electrons. The first kappa shape index (κ1) is 25.1. The summed E-state index contributed by atoms with van der Waals surface area (Å²) >= 11 is 0. The zero-order chi connectivity index (χ0) is 25.3. The fourth-order valence-corrected chi connectivity index (χ4v) is 3.80. The first-order valence-electron chi connectivity index (χ1n) is 11.9. The lowest BCUT2D eigenvalue weighted by atomic mass is 10.1. The van der Waals surface area contributed by atoms with Crippen LogP contribution in [0.3, 0.4) is 0 Å². The van der Waals surface area contributed by atoms with Crippen molar-refractivity contribution >= 4 is 11.8 Å². The maximum absolute atomic E-state index is 13.1. The molecule has 3 N–H and O–H groups in total. The molecule has 0 saturated carbocycles. The minimum Gasteiger partial charge on any atom is -0.452 e. The predicted molar refractivity (Wildman–Crippen MR) is 134 cm³/mol. The van der Waals surface area contributed by atoms with Crippen molar-refractivity contribution in [3.63, 3.8) is 0 Å². The second kappa shape index (κ2) is 12.1. The molecule has 0 saturated heterocycles. The van der Waals surface area contributed by atoms with Crippen molar-refractivity contribution in [2.75, 3.05) is 25.7 Å². The van der Waals surface area contributed by atoms with Gasteiger partial charge < -0.3 is 34.7 Å². The van der Waals surface area contributed by atoms with E-state index in [2.05, 4.69) is 4.98 Å². The summed E-state index contributed by atoms with van der Waals surface area (Å²) < 4.78 is 22.9. The number of nitrogens with two attached hydrogens (primary N) is 1. The van der Waals surface area contributed by atoms with Crippen molar-refractivity contribution in [1.82, 2.24) is 9.88 Å². The first-order chi connectivity index (χ1) is 17.5. The van der Waals surface area contributed by atoms with Crippen LogP contribution in [0.25, 0.3) is 0 Å². The molecule has 1 aliphatic rings. The summed E-state index contributed by atoms with van der Waals surface area (Å²) in [5.74, 6) is 1.77. The van der Waals surface area contributed by atoms with Crippen molar-refractivity contribution in [2.24, 2.45) is 0 Å². The van der Waals surface area contributed by atoms with Crippen LogP contribution in [0.5, 0.6) is 23.0 Å². The molecule has 1 aliphatic heterocycles. The Balaban J connectivity index is 1.55. The lowest BCUT2D eigenvalue weighted by Gasteiger charge is -2.24. The number of unbranched alkanes of at least 4 members (excludes halogenated alkanes) is 2. The van der Waals surface area contributed by atoms with Crippen molar-refractivity contribution in [3.05, 3.63) is 71.5 Å². The molecule has 0 spiro atoms. The molecule has 2 aromatic carbocycles. The number of carbonyl (C=O) groups is 1. The number of carbonyl (C=O) groups excluding carboxylic acids is 1. The predicted octanol–water partition coefficient (Wildman–Crippen LogP) is 4.79. The van der Waals surface area contributed by atoms with E-state index in [0.717, 1.165) is 17.7 Å². The van der Waals surface area contributed by atoms with Crippen LogP contribution in [0, 0.1) is 6.92 Å². The van der Waals surface area contributed by atoms with Gasteiger partial charge in [0.25, 0.3) is 0 Å². The third-order valence-electron chi connectivity index (χ3n) is 5.76. The smallest absolute Gasteiger partial charge is 0.410 e. The molecule has 3 aromatic rings. The molecule has 0 atom stereocenters. The summed E-state index contributed by atoms with van der Waals surface area (Å²) in [4.78, 5) is 18.9. The highest BCUT2D eigenvalue weighted by molar-refractivity contribution is 5.73. The van der Waals surface area contributed by atoms with Gasteiger partial charge in [-0.25, -0.2) is 4.79 Å². The number of fused-ring (bicyclic) bond motifs is 1. The molecule has 1 amide bonds. The molecule has 0 aliphatic carbocycles. The van der Waals surface area contributed by atoms with Crippen LogP contribution in [0.2, 0.25) is 0 Å². The van der Waals surface area contributed by atoms with Gasteiger partial charge in [0.05, 0.1) is 18.4 Å². The van der Waals surface area contributed by atoms with Gasteiger partial charge in [-0.1, -0.05) is 30.3 Å². The number of hydrogen-bond donors (Lipinski definition) is 2. The fraction of sp³-hybridized carbons (Fsp3) is 0.333. The molecule has 9 nitrogen and oxygen atoms in total. The standard InChI is InChI=1S/C27H31N3O6/c1-19-10-11-22(15-29-19)36-23-14-21(24(28)26-25(23)34-18-35-26)16-30(12-6-3-7-13-31)27(32)33-17-20-8-4-2-5-9-20/h2,4-5,8-11,14-15,31H,3,6-7,12-13,16-18,28H2,1H3. The Hall–Kier alpha value is -3.98. The summed E-state index contributed by atoms with van der Waals surface area (Å²) in [6.45, 7) is 2.83. The molecular weight excluding hydrogens is 462 g/mol. The number of hydrogen-bond acceptors (Lipinski definition) is 8. The Morgan fingerprint density at radius 2 is 1.92 bits per heavy atom. The van der Waals surface area contributed by atoms with Crippen LogP contribution in [0.15, 0.2) is 54.7 Å². The van der Waals surface area contributed by atoms with Gasteiger partial charge in [-0.2, -0.15) is 0 Å². The normalized spacial score (nSPS) is 11.8. The number of aliphatic hydroxyl groups excluding tert-OH is 1. The molecule has 0 unspecified atom stereocenters. The SMILES string of the molecule is Cc1ccc(Oc2cc(CN(CCCCCO)C(=O)OCc3ccccc3)c(N)c3c2OCO3)cn1. The van der Waals surface area contributed by atoms with Crippen LogP contribution >= 0.6 is 0 Å². The van der Waals surface area contributed by atoms with E-state index in [9.17, 15) is 4.79 Å². The van der Waals surface area contributed by atoms with Gasteiger partial charge in [-0.05, 0) is 49.9 Å². The summed E-state index contributed by atoms with van der Waals surface area (Å²) in [6.07, 6.45) is 3.34. The number of ether oxygens (including phenoxy) is 4. The molecule has 2 heterocycles. The van der Waals surface area contributed by atoms with Crippen LogP contribution < -0.4 is 19.9 Å². The number of aromatic nitrogens is 1. The molecule has 4 rings (SSSR count). The Morgan fingerprint density at radius 3 is 2.67 bits per heavy atom. The zero-order valence-electron chi connectivity index (χ0n) is 20.3. The Kier molecular flexibility index (Phi) is 8.46. The second-order valence-corrected chi connectivity index (χ2v) is 8.50. The number of benzene rings is 2. The Bertz CT molecular complexity index is 1150. The van der Waals surface area contributed by atoms with E-state index >= 15 is 0 Å². The molecule has 1 aromatic heterocycles. The maximum atomic E-state index is 13.1. The molecular formula is C27H31N3O6. The maximum Gasteiger partial charge on any atom is 0.410 e. The lowest BCUT2D eigenvalue weighted by molar-refractivity contribution is 0.0928. The summed E-state index contributed by atoms with van der Waals surface area (Å²) in [6, 6.07) is 14.9. The highest BCUT2D eigenvalue weighted by atomic mass is 16.7. The number of pyridine rings is 1. The first-order valence-corrected chi connectivity index (χ1v) is 11.9. The third-order valence-corrected chi connectivity index (χ3v) is 5.76. The zero-order valence-corrected chi connectivity index (χ0v) is 20.3. The number of anilines is 1. The van der Waals surface area contributed by atoms with Crippen LogP contribution in [-0.2, 0) is 17.9 Å². The number of nitrogens with zero attached hydrogens (tertiary/aromatic N) is 2. The number of rotatable bonds is 11. The van der Waals surface area contributed by atoms with Gasteiger partial charge in [0.1, 0.15) is 12.4 Å². The highest BCUT2D eigenvalue weighted by Crippen LogP contribution is 2.48. The van der Waals surface area contributed by atoms with Crippen molar-refractivity contribution in [3.8, 4) is 23.0 Å². The Labute approximate surface area is 210 Å². The van der Waals surface area contributed by atoms with Gasteiger partial charge >= 0.3 is 6.09 Å². The molecule has 190 valence electrons. The third kappa shape index (κ3) is 6.37. The van der Waals surface area contributed by atoms with E-state index in [1.807, 2.05) is 49.4 Å². The largest absolute Gasteiger partial charge is 0.452 e. The monoisotopic (exact) mass is 493 g/mol. The summed E-state index contributed by atoms with van der Waals surface area (Å²) in [7, 11) is 0. The number of amides is 1. The number of aliphatic hydroxyl groups is 1. The van der Waals surface area contributed by atoms with Gasteiger partial charge in [-0.15, -0.1) is 0 Å². The molecule has 36 heavy (non-hydrogen) atoms. The number of nitrogen functional groups attached to an aromatic ring is 1. The topological polar surface area (TPSA) is 116 Å². The minimum atomic E-state index is -0.454. The summed E-state index contributed by atoms with van der Waals surface area (Å²) in [5.41, 5.74) is 9.22. The minimum absolute atomic E-state index is 0.0233. The second-order valence-electron chi connectivity index (χ2n) is 8.50. The van der Waals surface area contributed by atoms with Crippen LogP contribution in [0.1, 0.15) is 36.1 Å². The van der Waals surface area contributed by atoms with Crippen molar-refractivity contribution < 1.29 is 28.8 Å². The molecule has 0 fully saturated rings. The van der Waals surface area contributed by atoms with E-state index in [1.54, 1.807) is 17.2 Å². The molecule has 0 bridgehead atoms. The average molecular weight is 494 g/mol. The average Bonchev–Trinajstić information content (AvgIpc) is 3.40. The van der Waals surface area contributed by atoms with Gasteiger partial charge in [0.2, 0.25) is 12.5 Å². The van der Waals surface area contributed by atoms with E-state index < -0.39 is 6.09 Å². The Morgan fingerprint density at radius 1 is 1.11 bits per heavy atom. The number of aryl methyl sites for hydroxylation is 1. The van der Waals surface area contributed by atoms with Gasteiger partial charge in [0, 0.05) is 24.4 Å². The van der Waals surface area contributed by atoms with Gasteiger partial charge in [-0.3, -0.25) is 4.98 Å². The van der Waals surface area contributed by atoms with Gasteiger partial charge in [0.15, 0.2) is 11.5 Å². The molecule has 9 heteroatoms. The van der Waals surface area contributed by atoms with E-state index in [0.29, 0.717) is 53.6 Å². The highest BCUT2D eigenvalue weighted by Gasteiger charge is 2.27. The lowest BCUT2D eigenvalue weighted by Crippen LogP contribution is -2.32. The van der Waals surface area contributed by atoms with Crippen molar-refractivity contribution in [2.45, 2.75) is 39.3 Å². The van der Waals surface area contributed by atoms with Crippen LogP contribution in [0.4, 0.5) is 10.5 Å². The van der Waals surface area contributed by atoms with Crippen molar-refractivity contribution in [1.29, 1.82) is 0 Å². The van der Waals surface area contributed by atoms with E-state index in [4.69, 9.17) is 29.8 Å². The van der Waals surface area contributed by atoms with E-state index in [1.165, 1.54) is 0 Å².